The second kappa shape index (κ2) is 7.45. The van der Waals surface area contributed by atoms with Crippen LogP contribution < -0.4 is 10.1 Å². The highest BCUT2D eigenvalue weighted by molar-refractivity contribution is 6.30. The van der Waals surface area contributed by atoms with Crippen molar-refractivity contribution in [2.75, 3.05) is 5.32 Å². The Bertz CT molecular complexity index is 828. The lowest BCUT2D eigenvalue weighted by Crippen LogP contribution is -2.42. The molecule has 0 fully saturated rings. The number of anilines is 1. The predicted octanol–water partition coefficient (Wildman–Crippen LogP) is 3.53. The van der Waals surface area contributed by atoms with Crippen LogP contribution in [0, 0.1) is 0 Å². The molecule has 0 spiro atoms. The Morgan fingerprint density at radius 2 is 1.46 bits per heavy atom. The molecule has 2 aromatic carbocycles. The molecule has 0 aliphatic carbocycles. The van der Waals surface area contributed by atoms with E-state index in [0.29, 0.717) is 10.8 Å². The third-order valence-corrected chi connectivity index (χ3v) is 3.67. The number of nitrogens with one attached hydrogen (secondary N) is 1. The number of carboxylic acid groups (broad SMARTS) is 2. The standard InChI is InChI=1S/C18H16ClNO6/c1-18(2,26-14-5-3-12(19)4-6-14)17(25)20-13-8-10(15(21)22)7-11(9-13)16(23)24/h3-9H,1-2H3,(H,20,25)(H,21,22)(H,23,24). The number of carboxylic acids is 2. The highest BCUT2D eigenvalue weighted by Gasteiger charge is 2.30. The number of rotatable bonds is 6. The first-order valence-corrected chi connectivity index (χ1v) is 7.84. The van der Waals surface area contributed by atoms with Crippen LogP contribution in [0.25, 0.3) is 0 Å². The number of carbonyl (C=O) groups excluding carboxylic acids is 1. The number of ether oxygens (including phenoxy) is 1. The van der Waals surface area contributed by atoms with E-state index in [-0.39, 0.29) is 16.8 Å². The summed E-state index contributed by atoms with van der Waals surface area (Å²) in [5, 5.41) is 21.2. The van der Waals surface area contributed by atoms with Gasteiger partial charge in [-0.15, -0.1) is 0 Å². The molecule has 2 aromatic rings. The van der Waals surface area contributed by atoms with E-state index in [9.17, 15) is 14.4 Å². The van der Waals surface area contributed by atoms with Crippen molar-refractivity contribution >= 4 is 35.1 Å². The molecule has 2 rings (SSSR count). The van der Waals surface area contributed by atoms with Crippen LogP contribution in [-0.2, 0) is 4.79 Å². The smallest absolute Gasteiger partial charge is 0.335 e. The number of aromatic carboxylic acids is 2. The van der Waals surface area contributed by atoms with Crippen molar-refractivity contribution < 1.29 is 29.3 Å². The largest absolute Gasteiger partial charge is 0.478 e. The van der Waals surface area contributed by atoms with E-state index in [1.807, 2.05) is 0 Å². The Kier molecular flexibility index (Phi) is 5.52. The van der Waals surface area contributed by atoms with Gasteiger partial charge in [-0.3, -0.25) is 4.79 Å². The van der Waals surface area contributed by atoms with Crippen LogP contribution in [0.3, 0.4) is 0 Å². The maximum atomic E-state index is 12.5. The van der Waals surface area contributed by atoms with Crippen LogP contribution in [0.4, 0.5) is 5.69 Å². The minimum atomic E-state index is -1.31. The van der Waals surface area contributed by atoms with Gasteiger partial charge < -0.3 is 20.3 Å². The fraction of sp³-hybridized carbons (Fsp3) is 0.167. The molecule has 0 aliphatic rings. The molecular formula is C18H16ClNO6. The first-order chi connectivity index (χ1) is 12.1. The van der Waals surface area contributed by atoms with Crippen LogP contribution >= 0.6 is 11.6 Å². The van der Waals surface area contributed by atoms with Crippen molar-refractivity contribution in [3.8, 4) is 5.75 Å². The maximum Gasteiger partial charge on any atom is 0.335 e. The van der Waals surface area contributed by atoms with Crippen molar-refractivity contribution in [2.45, 2.75) is 19.4 Å². The normalized spacial score (nSPS) is 10.9. The Morgan fingerprint density at radius 1 is 0.962 bits per heavy atom. The highest BCUT2D eigenvalue weighted by Crippen LogP contribution is 2.23. The summed E-state index contributed by atoms with van der Waals surface area (Å²) in [6, 6.07) is 9.78. The Hall–Kier alpha value is -3.06. The van der Waals surface area contributed by atoms with E-state index < -0.39 is 23.4 Å². The van der Waals surface area contributed by atoms with Crippen molar-refractivity contribution in [3.05, 3.63) is 58.6 Å². The zero-order valence-corrected chi connectivity index (χ0v) is 14.7. The third kappa shape index (κ3) is 4.73. The Labute approximate surface area is 154 Å². The molecule has 1 amide bonds. The molecule has 3 N–H and O–H groups in total. The topological polar surface area (TPSA) is 113 Å². The van der Waals surface area contributed by atoms with E-state index in [1.54, 1.807) is 24.3 Å². The summed E-state index contributed by atoms with van der Waals surface area (Å²) in [5.41, 5.74) is -1.77. The molecular weight excluding hydrogens is 362 g/mol. The van der Waals surface area contributed by atoms with Crippen LogP contribution in [0.2, 0.25) is 5.02 Å². The van der Waals surface area contributed by atoms with Crippen LogP contribution in [-0.4, -0.2) is 33.7 Å². The molecule has 0 unspecified atom stereocenters. The molecule has 0 heterocycles. The first-order valence-electron chi connectivity index (χ1n) is 7.46. The molecule has 0 saturated heterocycles. The van der Waals surface area contributed by atoms with Gasteiger partial charge in [0.15, 0.2) is 5.60 Å². The minimum Gasteiger partial charge on any atom is -0.478 e. The second-order valence-electron chi connectivity index (χ2n) is 5.93. The summed E-state index contributed by atoms with van der Waals surface area (Å²) in [5.74, 6) is -2.77. The molecule has 26 heavy (non-hydrogen) atoms. The van der Waals surface area contributed by atoms with E-state index in [2.05, 4.69) is 5.32 Å². The molecule has 8 heteroatoms. The van der Waals surface area contributed by atoms with Gasteiger partial charge in [0.25, 0.3) is 5.91 Å². The summed E-state index contributed by atoms with van der Waals surface area (Å²) in [4.78, 5) is 34.8. The fourth-order valence-corrected chi connectivity index (χ4v) is 2.20. The van der Waals surface area contributed by atoms with Crippen molar-refractivity contribution in [1.29, 1.82) is 0 Å². The van der Waals surface area contributed by atoms with Crippen LogP contribution in [0.1, 0.15) is 34.6 Å². The van der Waals surface area contributed by atoms with Gasteiger partial charge in [0.2, 0.25) is 0 Å². The summed E-state index contributed by atoms with van der Waals surface area (Å²) in [6.45, 7) is 3.05. The first kappa shape index (κ1) is 19.3. The Morgan fingerprint density at radius 3 is 1.92 bits per heavy atom. The maximum absolute atomic E-state index is 12.5. The SMILES string of the molecule is CC(C)(Oc1ccc(Cl)cc1)C(=O)Nc1cc(C(=O)O)cc(C(=O)O)c1. The van der Waals surface area contributed by atoms with E-state index in [4.69, 9.17) is 26.6 Å². The number of amides is 1. The number of carbonyl (C=O) groups is 3. The number of hydrogen-bond donors (Lipinski definition) is 3. The molecule has 0 saturated carbocycles. The van der Waals surface area contributed by atoms with E-state index >= 15 is 0 Å². The molecule has 0 aromatic heterocycles. The summed E-state index contributed by atoms with van der Waals surface area (Å²) >= 11 is 5.80. The predicted molar refractivity (Wildman–Crippen MR) is 95.1 cm³/mol. The molecule has 0 aliphatic heterocycles. The summed E-state index contributed by atoms with van der Waals surface area (Å²) in [7, 11) is 0. The van der Waals surface area contributed by atoms with E-state index in [0.717, 1.165) is 6.07 Å². The molecule has 0 bridgehead atoms. The lowest BCUT2D eigenvalue weighted by Gasteiger charge is -2.25. The van der Waals surface area contributed by atoms with Gasteiger partial charge in [0, 0.05) is 10.7 Å². The number of benzene rings is 2. The van der Waals surface area contributed by atoms with Crippen molar-refractivity contribution in [2.24, 2.45) is 0 Å². The zero-order chi connectivity index (χ0) is 19.5. The lowest BCUT2D eigenvalue weighted by atomic mass is 10.1. The van der Waals surface area contributed by atoms with Gasteiger partial charge in [-0.05, 0) is 56.3 Å². The number of hydrogen-bond acceptors (Lipinski definition) is 4. The fourth-order valence-electron chi connectivity index (χ4n) is 2.07. The van der Waals surface area contributed by atoms with Crippen molar-refractivity contribution in [3.63, 3.8) is 0 Å². The lowest BCUT2D eigenvalue weighted by molar-refractivity contribution is -0.128. The van der Waals surface area contributed by atoms with Crippen LogP contribution in [0.15, 0.2) is 42.5 Å². The van der Waals surface area contributed by atoms with Gasteiger partial charge in [-0.25, -0.2) is 9.59 Å². The van der Waals surface area contributed by atoms with Gasteiger partial charge in [0.1, 0.15) is 5.75 Å². The second-order valence-corrected chi connectivity index (χ2v) is 6.37. The minimum absolute atomic E-state index is 0.0417. The van der Waals surface area contributed by atoms with Crippen molar-refractivity contribution in [1.82, 2.24) is 0 Å². The zero-order valence-electron chi connectivity index (χ0n) is 13.9. The van der Waals surface area contributed by atoms with Gasteiger partial charge in [-0.1, -0.05) is 11.6 Å². The van der Waals surface area contributed by atoms with Gasteiger partial charge >= 0.3 is 11.9 Å². The average molecular weight is 378 g/mol. The van der Waals surface area contributed by atoms with Gasteiger partial charge in [0.05, 0.1) is 11.1 Å². The Balaban J connectivity index is 2.23. The number of halogens is 1. The monoisotopic (exact) mass is 377 g/mol. The summed E-state index contributed by atoms with van der Waals surface area (Å²) < 4.78 is 5.64. The molecule has 7 nitrogen and oxygen atoms in total. The molecule has 0 radical (unpaired) electrons. The van der Waals surface area contributed by atoms with Gasteiger partial charge in [-0.2, -0.15) is 0 Å². The van der Waals surface area contributed by atoms with Crippen LogP contribution in [0.5, 0.6) is 5.75 Å². The quantitative estimate of drug-likeness (QED) is 0.709. The third-order valence-electron chi connectivity index (χ3n) is 3.42. The molecule has 0 atom stereocenters. The highest BCUT2D eigenvalue weighted by atomic mass is 35.5. The van der Waals surface area contributed by atoms with E-state index in [1.165, 1.54) is 26.0 Å². The summed E-state index contributed by atoms with van der Waals surface area (Å²) in [6.07, 6.45) is 0. The molecule has 136 valence electrons. The average Bonchev–Trinajstić information content (AvgIpc) is 2.56.